The van der Waals surface area contributed by atoms with E-state index in [4.69, 9.17) is 4.74 Å². The number of nitrogens with one attached hydrogen (secondary N) is 1. The maximum absolute atomic E-state index is 14.2. The molecule has 0 unspecified atom stereocenters. The van der Waals surface area contributed by atoms with Crippen LogP contribution in [0.3, 0.4) is 0 Å². The number of thiazole rings is 1. The van der Waals surface area contributed by atoms with Crippen LogP contribution in [0.1, 0.15) is 5.69 Å². The Morgan fingerprint density at radius 2 is 2.04 bits per heavy atom. The molecular weight excluding hydrogens is 401 g/mol. The van der Waals surface area contributed by atoms with Crippen LogP contribution in [0.5, 0.6) is 5.75 Å². The number of rotatable bonds is 5. The summed E-state index contributed by atoms with van der Waals surface area (Å²) in [6.07, 6.45) is 1.90. The molecule has 0 aliphatic heterocycles. The third kappa shape index (κ3) is 3.34. The average molecular weight is 417 g/mol. The van der Waals surface area contributed by atoms with Crippen LogP contribution in [0, 0.1) is 12.7 Å². The first-order chi connectivity index (χ1) is 13.4. The largest absolute Gasteiger partial charge is 0.497 e. The van der Waals surface area contributed by atoms with Crippen molar-refractivity contribution in [2.24, 2.45) is 0 Å². The van der Waals surface area contributed by atoms with E-state index in [1.54, 1.807) is 18.2 Å². The van der Waals surface area contributed by atoms with Crippen LogP contribution in [0.4, 0.5) is 10.1 Å². The van der Waals surface area contributed by atoms with Crippen molar-refractivity contribution in [3.05, 3.63) is 65.6 Å². The first-order valence-corrected chi connectivity index (χ1v) is 10.6. The molecule has 0 saturated carbocycles. The molecule has 0 amide bonds. The third-order valence-corrected chi connectivity index (χ3v) is 6.60. The maximum Gasteiger partial charge on any atom is 0.264 e. The predicted molar refractivity (Wildman–Crippen MR) is 107 cm³/mol. The highest BCUT2D eigenvalue weighted by molar-refractivity contribution is 7.92. The van der Waals surface area contributed by atoms with Gasteiger partial charge in [-0.05, 0) is 31.2 Å². The fourth-order valence-corrected chi connectivity index (χ4v) is 4.77. The van der Waals surface area contributed by atoms with E-state index in [1.807, 2.05) is 29.0 Å². The van der Waals surface area contributed by atoms with Gasteiger partial charge in [0.25, 0.3) is 10.0 Å². The highest BCUT2D eigenvalue weighted by atomic mass is 32.2. The Morgan fingerprint density at radius 1 is 1.21 bits per heavy atom. The number of anilines is 1. The maximum atomic E-state index is 14.2. The predicted octanol–water partition coefficient (Wildman–Crippen LogP) is 4.32. The highest BCUT2D eigenvalue weighted by Gasteiger charge is 2.20. The number of nitrogens with zero attached hydrogens (tertiary/aromatic N) is 2. The van der Waals surface area contributed by atoms with Crippen LogP contribution in [-0.2, 0) is 10.0 Å². The number of benzene rings is 2. The van der Waals surface area contributed by atoms with Crippen molar-refractivity contribution in [1.29, 1.82) is 0 Å². The summed E-state index contributed by atoms with van der Waals surface area (Å²) in [6.45, 7) is 1.99. The molecule has 9 heteroatoms. The third-order valence-electron chi connectivity index (χ3n) is 4.23. The van der Waals surface area contributed by atoms with Crippen LogP contribution in [-0.4, -0.2) is 24.9 Å². The number of sulfonamides is 1. The Hall–Kier alpha value is -2.91. The van der Waals surface area contributed by atoms with Gasteiger partial charge in [0.1, 0.15) is 16.5 Å². The second-order valence-corrected chi connectivity index (χ2v) is 8.63. The smallest absolute Gasteiger partial charge is 0.264 e. The SMILES string of the molecule is COc1ccc(S(=O)(=O)Nc2cccc(-c3cn4c(C)csc4n3)c2)c(F)c1. The Labute approximate surface area is 165 Å². The van der Waals surface area contributed by atoms with E-state index in [9.17, 15) is 12.8 Å². The molecule has 0 bridgehead atoms. The van der Waals surface area contributed by atoms with E-state index in [1.165, 1.54) is 30.6 Å². The molecule has 0 saturated heterocycles. The highest BCUT2D eigenvalue weighted by Crippen LogP contribution is 2.27. The zero-order chi connectivity index (χ0) is 19.9. The lowest BCUT2D eigenvalue weighted by Crippen LogP contribution is -2.14. The topological polar surface area (TPSA) is 72.7 Å². The second-order valence-electron chi connectivity index (χ2n) is 6.14. The lowest BCUT2D eigenvalue weighted by Gasteiger charge is -2.10. The molecule has 0 radical (unpaired) electrons. The van der Waals surface area contributed by atoms with E-state index < -0.39 is 20.7 Å². The summed E-state index contributed by atoms with van der Waals surface area (Å²) in [5, 5.41) is 2.01. The first kappa shape index (κ1) is 18.5. The van der Waals surface area contributed by atoms with Crippen molar-refractivity contribution in [2.75, 3.05) is 11.8 Å². The standard InChI is InChI=1S/C19H16FN3O3S2/c1-12-11-27-19-21-17(10-23(12)19)13-4-3-5-14(8-13)22-28(24,25)18-7-6-15(26-2)9-16(18)20/h3-11,22H,1-2H3. The first-order valence-electron chi connectivity index (χ1n) is 8.27. The average Bonchev–Trinajstić information content (AvgIpc) is 3.23. The molecule has 2 heterocycles. The molecule has 6 nitrogen and oxygen atoms in total. The molecule has 0 spiro atoms. The van der Waals surface area contributed by atoms with Crippen molar-refractivity contribution < 1.29 is 17.5 Å². The molecular formula is C19H16FN3O3S2. The summed E-state index contributed by atoms with van der Waals surface area (Å²) >= 11 is 1.53. The number of fused-ring (bicyclic) bond motifs is 1. The van der Waals surface area contributed by atoms with Gasteiger partial charge in [-0.15, -0.1) is 11.3 Å². The van der Waals surface area contributed by atoms with Crippen LogP contribution in [0.25, 0.3) is 16.2 Å². The molecule has 2 aromatic heterocycles. The molecule has 0 aliphatic carbocycles. The fourth-order valence-electron chi connectivity index (χ4n) is 2.81. The fraction of sp³-hybridized carbons (Fsp3) is 0.105. The zero-order valence-corrected chi connectivity index (χ0v) is 16.6. The van der Waals surface area contributed by atoms with Gasteiger partial charge in [-0.25, -0.2) is 17.8 Å². The number of hydrogen-bond acceptors (Lipinski definition) is 5. The van der Waals surface area contributed by atoms with Gasteiger partial charge in [-0.3, -0.25) is 9.12 Å². The van der Waals surface area contributed by atoms with Crippen molar-refractivity contribution in [2.45, 2.75) is 11.8 Å². The minimum absolute atomic E-state index is 0.244. The van der Waals surface area contributed by atoms with Gasteiger partial charge in [-0.1, -0.05) is 12.1 Å². The van der Waals surface area contributed by atoms with E-state index in [0.717, 1.165) is 28.0 Å². The summed E-state index contributed by atoms with van der Waals surface area (Å²) in [4.78, 5) is 4.98. The van der Waals surface area contributed by atoms with Crippen LogP contribution in [0.15, 0.2) is 58.9 Å². The van der Waals surface area contributed by atoms with Crippen molar-refractivity contribution in [3.8, 4) is 17.0 Å². The monoisotopic (exact) mass is 417 g/mol. The van der Waals surface area contributed by atoms with Gasteiger partial charge in [0.05, 0.1) is 12.8 Å². The van der Waals surface area contributed by atoms with Crippen LogP contribution < -0.4 is 9.46 Å². The molecule has 4 rings (SSSR count). The molecule has 2 aromatic carbocycles. The lowest BCUT2D eigenvalue weighted by molar-refractivity contribution is 0.410. The Bertz CT molecular complexity index is 1280. The van der Waals surface area contributed by atoms with Crippen molar-refractivity contribution in [1.82, 2.24) is 9.38 Å². The van der Waals surface area contributed by atoms with E-state index in [0.29, 0.717) is 5.69 Å². The summed E-state index contributed by atoms with van der Waals surface area (Å²) in [5.41, 5.74) is 2.88. The number of aromatic nitrogens is 2. The number of methoxy groups -OCH3 is 1. The summed E-state index contributed by atoms with van der Waals surface area (Å²) in [5.74, 6) is -0.638. The number of halogens is 1. The number of ether oxygens (including phenoxy) is 1. The lowest BCUT2D eigenvalue weighted by atomic mass is 10.1. The van der Waals surface area contributed by atoms with Gasteiger partial charge in [-0.2, -0.15) is 0 Å². The second kappa shape index (κ2) is 6.92. The number of aryl methyl sites for hydroxylation is 1. The minimum Gasteiger partial charge on any atom is -0.497 e. The van der Waals surface area contributed by atoms with Gasteiger partial charge < -0.3 is 4.74 Å². The minimum atomic E-state index is -4.09. The quantitative estimate of drug-likeness (QED) is 0.525. The van der Waals surface area contributed by atoms with E-state index >= 15 is 0 Å². The van der Waals surface area contributed by atoms with Gasteiger partial charge in [0.15, 0.2) is 4.96 Å². The summed E-state index contributed by atoms with van der Waals surface area (Å²) in [6, 6.07) is 10.4. The van der Waals surface area contributed by atoms with E-state index in [-0.39, 0.29) is 5.75 Å². The number of imidazole rings is 1. The van der Waals surface area contributed by atoms with Crippen LogP contribution >= 0.6 is 11.3 Å². The zero-order valence-electron chi connectivity index (χ0n) is 15.0. The molecule has 0 fully saturated rings. The van der Waals surface area contributed by atoms with Gasteiger partial charge in [0, 0.05) is 34.6 Å². The number of hydrogen-bond donors (Lipinski definition) is 1. The molecule has 0 atom stereocenters. The molecule has 144 valence electrons. The normalized spacial score (nSPS) is 11.7. The summed E-state index contributed by atoms with van der Waals surface area (Å²) < 4.78 is 48.7. The summed E-state index contributed by atoms with van der Waals surface area (Å²) in [7, 11) is -2.71. The van der Waals surface area contributed by atoms with Gasteiger partial charge in [0.2, 0.25) is 0 Å². The van der Waals surface area contributed by atoms with E-state index in [2.05, 4.69) is 9.71 Å². The molecule has 0 aliphatic rings. The van der Waals surface area contributed by atoms with Crippen molar-refractivity contribution >= 4 is 32.0 Å². The van der Waals surface area contributed by atoms with Crippen LogP contribution in [0.2, 0.25) is 0 Å². The molecule has 4 aromatic rings. The van der Waals surface area contributed by atoms with Gasteiger partial charge >= 0.3 is 0 Å². The molecule has 28 heavy (non-hydrogen) atoms. The Kier molecular flexibility index (Phi) is 4.56. The Morgan fingerprint density at radius 3 is 2.75 bits per heavy atom. The van der Waals surface area contributed by atoms with Crippen molar-refractivity contribution in [3.63, 3.8) is 0 Å². The molecule has 1 N–H and O–H groups in total. The Balaban J connectivity index is 1.66.